The van der Waals surface area contributed by atoms with Crippen LogP contribution in [0.1, 0.15) is 13.8 Å². The molecule has 0 atom stereocenters. The molecule has 1 heteroatoms. The lowest BCUT2D eigenvalue weighted by atomic mass is 10.4. The van der Waals surface area contributed by atoms with Gasteiger partial charge in [0.15, 0.2) is 0 Å². The summed E-state index contributed by atoms with van der Waals surface area (Å²) < 4.78 is 0. The minimum atomic E-state index is 1.01. The van der Waals surface area contributed by atoms with Gasteiger partial charge in [-0.3, -0.25) is 0 Å². The Hall–Kier alpha value is -0.720. The molecule has 0 aromatic carbocycles. The van der Waals surface area contributed by atoms with E-state index in [9.17, 15) is 0 Å². The molecule has 0 saturated heterocycles. The molecule has 0 aliphatic rings. The Morgan fingerprint density at radius 1 is 1.44 bits per heavy atom. The maximum Gasteiger partial charge on any atom is 0.0286 e. The van der Waals surface area contributed by atoms with Gasteiger partial charge in [0.25, 0.3) is 0 Å². The first-order valence-corrected chi connectivity index (χ1v) is 3.32. The molecule has 0 aliphatic heterocycles. The van der Waals surface area contributed by atoms with Crippen molar-refractivity contribution in [2.24, 2.45) is 0 Å². The monoisotopic (exact) mass is 125 g/mol. The minimum absolute atomic E-state index is 1.01. The molecule has 0 unspecified atom stereocenters. The standard InChI is InChI=1S/C8H15N/c1-5-8(4)9(6-2)7-3/h5H,1,4,6-7H2,2-3H3. The average molecular weight is 125 g/mol. The molecule has 0 saturated carbocycles. The highest BCUT2D eigenvalue weighted by Gasteiger charge is 1.95. The summed E-state index contributed by atoms with van der Waals surface area (Å²) in [7, 11) is 0. The lowest BCUT2D eigenvalue weighted by molar-refractivity contribution is 0.396. The van der Waals surface area contributed by atoms with E-state index in [0.717, 1.165) is 18.8 Å². The van der Waals surface area contributed by atoms with Gasteiger partial charge in [0.1, 0.15) is 0 Å². The quantitative estimate of drug-likeness (QED) is 0.520. The van der Waals surface area contributed by atoms with Gasteiger partial charge in [0.2, 0.25) is 0 Å². The summed E-state index contributed by atoms with van der Waals surface area (Å²) in [5, 5.41) is 0. The highest BCUT2D eigenvalue weighted by Crippen LogP contribution is 1.99. The number of hydrogen-bond donors (Lipinski definition) is 0. The van der Waals surface area contributed by atoms with Crippen molar-refractivity contribution in [3.8, 4) is 0 Å². The topological polar surface area (TPSA) is 3.24 Å². The first-order valence-electron chi connectivity index (χ1n) is 3.32. The molecule has 0 spiro atoms. The van der Waals surface area contributed by atoms with Crippen LogP contribution < -0.4 is 0 Å². The van der Waals surface area contributed by atoms with Gasteiger partial charge >= 0.3 is 0 Å². The van der Waals surface area contributed by atoms with Crippen LogP contribution in [0.3, 0.4) is 0 Å². The Balaban J connectivity index is 3.78. The highest BCUT2D eigenvalue weighted by molar-refractivity contribution is 5.09. The maximum absolute atomic E-state index is 3.82. The largest absolute Gasteiger partial charge is 0.373 e. The zero-order valence-electron chi connectivity index (χ0n) is 6.35. The third-order valence-corrected chi connectivity index (χ3v) is 1.41. The zero-order chi connectivity index (χ0) is 7.28. The van der Waals surface area contributed by atoms with Gasteiger partial charge in [-0.1, -0.05) is 13.2 Å². The van der Waals surface area contributed by atoms with Crippen LogP contribution in [-0.4, -0.2) is 18.0 Å². The van der Waals surface area contributed by atoms with E-state index in [-0.39, 0.29) is 0 Å². The van der Waals surface area contributed by atoms with E-state index in [2.05, 4.69) is 31.9 Å². The molecule has 0 rings (SSSR count). The van der Waals surface area contributed by atoms with Gasteiger partial charge in [-0.15, -0.1) is 0 Å². The number of allylic oxidation sites excluding steroid dienone is 1. The van der Waals surface area contributed by atoms with Crippen LogP contribution in [0.25, 0.3) is 0 Å². The van der Waals surface area contributed by atoms with Crippen molar-refractivity contribution in [3.05, 3.63) is 24.9 Å². The van der Waals surface area contributed by atoms with Crippen LogP contribution in [0.15, 0.2) is 24.9 Å². The molecular formula is C8H15N. The van der Waals surface area contributed by atoms with Crippen LogP contribution >= 0.6 is 0 Å². The van der Waals surface area contributed by atoms with Gasteiger partial charge in [-0.2, -0.15) is 0 Å². The van der Waals surface area contributed by atoms with Crippen molar-refractivity contribution < 1.29 is 0 Å². The molecule has 52 valence electrons. The van der Waals surface area contributed by atoms with Crippen LogP contribution in [0.4, 0.5) is 0 Å². The Morgan fingerprint density at radius 3 is 2.00 bits per heavy atom. The van der Waals surface area contributed by atoms with Crippen molar-refractivity contribution >= 4 is 0 Å². The average Bonchev–Trinajstić information content (AvgIpc) is 1.90. The number of likely N-dealkylation sites (N-methyl/N-ethyl adjacent to an activating group) is 1. The second-order valence-corrected chi connectivity index (χ2v) is 1.87. The fourth-order valence-corrected chi connectivity index (χ4v) is 0.759. The molecule has 0 amide bonds. The normalized spacial score (nSPS) is 8.67. The van der Waals surface area contributed by atoms with E-state index >= 15 is 0 Å². The van der Waals surface area contributed by atoms with E-state index in [0.29, 0.717) is 0 Å². The minimum Gasteiger partial charge on any atom is -0.373 e. The summed E-state index contributed by atoms with van der Waals surface area (Å²) in [6.07, 6.45) is 1.78. The number of hydrogen-bond acceptors (Lipinski definition) is 1. The van der Waals surface area contributed by atoms with Gasteiger partial charge in [-0.05, 0) is 19.9 Å². The van der Waals surface area contributed by atoms with Crippen LogP contribution in [0.2, 0.25) is 0 Å². The summed E-state index contributed by atoms with van der Waals surface area (Å²) in [4.78, 5) is 2.16. The summed E-state index contributed by atoms with van der Waals surface area (Å²) in [5.41, 5.74) is 1.01. The smallest absolute Gasteiger partial charge is 0.0286 e. The number of nitrogens with zero attached hydrogens (tertiary/aromatic N) is 1. The molecule has 0 fully saturated rings. The summed E-state index contributed by atoms with van der Waals surface area (Å²) in [6.45, 7) is 13.7. The SMILES string of the molecule is C=CC(=C)N(CC)CC. The Morgan fingerprint density at radius 2 is 1.89 bits per heavy atom. The van der Waals surface area contributed by atoms with Crippen LogP contribution in [0.5, 0.6) is 0 Å². The summed E-state index contributed by atoms with van der Waals surface area (Å²) in [5.74, 6) is 0. The Bertz CT molecular complexity index is 101. The Labute approximate surface area is 57.7 Å². The lowest BCUT2D eigenvalue weighted by Gasteiger charge is -2.20. The zero-order valence-corrected chi connectivity index (χ0v) is 6.35. The maximum atomic E-state index is 3.82. The molecule has 0 heterocycles. The fraction of sp³-hybridized carbons (Fsp3) is 0.500. The van der Waals surface area contributed by atoms with Crippen molar-refractivity contribution in [2.45, 2.75) is 13.8 Å². The van der Waals surface area contributed by atoms with Crippen molar-refractivity contribution in [1.82, 2.24) is 4.90 Å². The second-order valence-electron chi connectivity index (χ2n) is 1.87. The predicted molar refractivity (Wildman–Crippen MR) is 42.3 cm³/mol. The molecule has 0 aromatic heterocycles. The molecule has 0 bridgehead atoms. The third kappa shape index (κ3) is 2.36. The van der Waals surface area contributed by atoms with Gasteiger partial charge in [-0.25, -0.2) is 0 Å². The van der Waals surface area contributed by atoms with Crippen LogP contribution in [-0.2, 0) is 0 Å². The van der Waals surface area contributed by atoms with E-state index in [1.165, 1.54) is 0 Å². The molecule has 9 heavy (non-hydrogen) atoms. The molecule has 0 radical (unpaired) electrons. The van der Waals surface area contributed by atoms with Crippen LogP contribution in [0, 0.1) is 0 Å². The second kappa shape index (κ2) is 4.19. The Kier molecular flexibility index (Phi) is 3.85. The highest BCUT2D eigenvalue weighted by atomic mass is 15.1. The first-order chi connectivity index (χ1) is 4.26. The van der Waals surface area contributed by atoms with Gasteiger partial charge in [0.05, 0.1) is 0 Å². The number of rotatable bonds is 4. The van der Waals surface area contributed by atoms with Crippen molar-refractivity contribution in [3.63, 3.8) is 0 Å². The summed E-state index contributed by atoms with van der Waals surface area (Å²) in [6, 6.07) is 0. The molecule has 0 aliphatic carbocycles. The van der Waals surface area contributed by atoms with Crippen molar-refractivity contribution in [2.75, 3.05) is 13.1 Å². The third-order valence-electron chi connectivity index (χ3n) is 1.41. The molecule has 0 aromatic rings. The molecule has 1 nitrogen and oxygen atoms in total. The molecular weight excluding hydrogens is 110 g/mol. The van der Waals surface area contributed by atoms with Gasteiger partial charge < -0.3 is 4.90 Å². The summed E-state index contributed by atoms with van der Waals surface area (Å²) >= 11 is 0. The first kappa shape index (κ1) is 8.28. The van der Waals surface area contributed by atoms with E-state index in [1.54, 1.807) is 6.08 Å². The lowest BCUT2D eigenvalue weighted by Crippen LogP contribution is -2.19. The predicted octanol–water partition coefficient (Wildman–Crippen LogP) is 2.03. The fourth-order valence-electron chi connectivity index (χ4n) is 0.759. The van der Waals surface area contributed by atoms with E-state index < -0.39 is 0 Å². The van der Waals surface area contributed by atoms with E-state index in [4.69, 9.17) is 0 Å². The van der Waals surface area contributed by atoms with Crippen molar-refractivity contribution in [1.29, 1.82) is 0 Å². The van der Waals surface area contributed by atoms with E-state index in [1.807, 2.05) is 0 Å². The van der Waals surface area contributed by atoms with Gasteiger partial charge in [0, 0.05) is 18.8 Å². The molecule has 0 N–H and O–H groups in total.